The Balaban J connectivity index is 1.55. The van der Waals surface area contributed by atoms with Gasteiger partial charge in [-0.1, -0.05) is 22.9 Å². The molecule has 0 aliphatic heterocycles. The number of alkyl halides is 3. The van der Waals surface area contributed by atoms with Gasteiger partial charge in [-0.15, -0.1) is 10.2 Å². The number of carbonyl (C=O) groups is 1. The summed E-state index contributed by atoms with van der Waals surface area (Å²) in [6.07, 6.45) is -2.37. The molecule has 3 aromatic rings. The van der Waals surface area contributed by atoms with Crippen molar-refractivity contribution in [2.45, 2.75) is 24.9 Å². The first-order chi connectivity index (χ1) is 12.8. The summed E-state index contributed by atoms with van der Waals surface area (Å²) in [4.78, 5) is 12.3. The number of hydrogen-bond acceptors (Lipinski definition) is 5. The van der Waals surface area contributed by atoms with Crippen LogP contribution in [0.25, 0.3) is 11.3 Å². The van der Waals surface area contributed by atoms with E-state index in [1.807, 2.05) is 0 Å². The van der Waals surface area contributed by atoms with Crippen LogP contribution < -0.4 is 5.32 Å². The highest BCUT2D eigenvalue weighted by Gasteiger charge is 2.31. The van der Waals surface area contributed by atoms with E-state index in [9.17, 15) is 18.0 Å². The van der Waals surface area contributed by atoms with Crippen molar-refractivity contribution in [3.8, 4) is 11.3 Å². The molecule has 5 nitrogen and oxygen atoms in total. The molecule has 0 bridgehead atoms. The molecule has 140 valence electrons. The molecule has 1 N–H and O–H groups in total. The molecule has 1 saturated carbocycles. The Morgan fingerprint density at radius 3 is 2.70 bits per heavy atom. The van der Waals surface area contributed by atoms with Gasteiger partial charge in [-0.3, -0.25) is 10.1 Å². The minimum atomic E-state index is -4.51. The van der Waals surface area contributed by atoms with E-state index >= 15 is 0 Å². The van der Waals surface area contributed by atoms with Crippen LogP contribution in [-0.4, -0.2) is 16.1 Å². The van der Waals surface area contributed by atoms with Crippen molar-refractivity contribution in [3.63, 3.8) is 0 Å². The van der Waals surface area contributed by atoms with Gasteiger partial charge < -0.3 is 4.42 Å². The third-order valence-corrected chi connectivity index (χ3v) is 5.31. The van der Waals surface area contributed by atoms with E-state index in [0.717, 1.165) is 36.0 Å². The van der Waals surface area contributed by atoms with E-state index in [-0.39, 0.29) is 22.1 Å². The summed E-state index contributed by atoms with van der Waals surface area (Å²) in [7, 11) is 0. The molecule has 1 amide bonds. The van der Waals surface area contributed by atoms with Crippen LogP contribution >= 0.6 is 22.9 Å². The predicted octanol–water partition coefficient (Wildman–Crippen LogP) is 5.60. The molecule has 4 rings (SSSR count). The van der Waals surface area contributed by atoms with Crippen molar-refractivity contribution >= 4 is 34.0 Å². The summed E-state index contributed by atoms with van der Waals surface area (Å²) in [6, 6.07) is 5.67. The lowest BCUT2D eigenvalue weighted by molar-refractivity contribution is -0.137. The molecule has 1 aliphatic carbocycles. The summed E-state index contributed by atoms with van der Waals surface area (Å²) in [5.74, 6) is -0.150. The number of hydrogen-bond donors (Lipinski definition) is 1. The molecule has 1 aliphatic rings. The highest BCUT2D eigenvalue weighted by Crippen LogP contribution is 2.42. The van der Waals surface area contributed by atoms with Crippen LogP contribution in [0.15, 0.2) is 34.7 Å². The van der Waals surface area contributed by atoms with E-state index in [1.54, 1.807) is 0 Å². The number of amides is 1. The summed E-state index contributed by atoms with van der Waals surface area (Å²) in [5.41, 5.74) is -0.803. The van der Waals surface area contributed by atoms with Crippen LogP contribution in [0.2, 0.25) is 5.02 Å². The second kappa shape index (κ2) is 6.65. The third-order valence-electron chi connectivity index (χ3n) is 3.98. The number of halogens is 4. The highest BCUT2D eigenvalue weighted by molar-refractivity contribution is 7.15. The van der Waals surface area contributed by atoms with Crippen molar-refractivity contribution in [2.24, 2.45) is 0 Å². The largest absolute Gasteiger partial charge is 0.451 e. The maximum atomic E-state index is 12.9. The van der Waals surface area contributed by atoms with Crippen LogP contribution in [0, 0.1) is 0 Å². The Kier molecular flexibility index (Phi) is 4.43. The number of furan rings is 1. The van der Waals surface area contributed by atoms with Gasteiger partial charge in [0, 0.05) is 11.5 Å². The van der Waals surface area contributed by atoms with Crippen molar-refractivity contribution < 1.29 is 22.4 Å². The molecule has 1 fully saturated rings. The summed E-state index contributed by atoms with van der Waals surface area (Å²) in [5, 5.41) is 11.8. The standard InChI is InChI=1S/C17H11ClF3N3O2S/c18-11-4-3-9(17(19,20)21)7-10(11)12-5-6-13(26-12)14(25)22-16-24-23-15(27-16)8-1-2-8/h3-8H,1-2H2,(H,22,24,25). The first-order valence-corrected chi connectivity index (χ1v) is 9.12. The second-order valence-electron chi connectivity index (χ2n) is 6.03. The lowest BCUT2D eigenvalue weighted by Gasteiger charge is -2.09. The number of aromatic nitrogens is 2. The van der Waals surface area contributed by atoms with E-state index in [1.165, 1.54) is 23.5 Å². The fourth-order valence-electron chi connectivity index (χ4n) is 2.43. The van der Waals surface area contributed by atoms with E-state index in [2.05, 4.69) is 15.5 Å². The van der Waals surface area contributed by atoms with Gasteiger partial charge in [-0.25, -0.2) is 0 Å². The molecule has 0 atom stereocenters. The average molecular weight is 414 g/mol. The molecular weight excluding hydrogens is 403 g/mol. The highest BCUT2D eigenvalue weighted by atomic mass is 35.5. The number of nitrogens with one attached hydrogen (secondary N) is 1. The average Bonchev–Trinajstić information content (AvgIpc) is 3.15. The Labute approximate surface area is 160 Å². The summed E-state index contributed by atoms with van der Waals surface area (Å²) < 4.78 is 44.1. The molecule has 10 heteroatoms. The van der Waals surface area contributed by atoms with Gasteiger partial charge in [0.2, 0.25) is 5.13 Å². The Hall–Kier alpha value is -2.39. The molecule has 0 spiro atoms. The van der Waals surface area contributed by atoms with Gasteiger partial charge in [-0.2, -0.15) is 13.2 Å². The van der Waals surface area contributed by atoms with Crippen LogP contribution in [-0.2, 0) is 6.18 Å². The zero-order chi connectivity index (χ0) is 19.2. The summed E-state index contributed by atoms with van der Waals surface area (Å²) >= 11 is 7.29. The second-order valence-corrected chi connectivity index (χ2v) is 7.45. The molecule has 1 aromatic carbocycles. The monoisotopic (exact) mass is 413 g/mol. The van der Waals surface area contributed by atoms with Gasteiger partial charge >= 0.3 is 6.18 Å². The van der Waals surface area contributed by atoms with Crippen LogP contribution in [0.4, 0.5) is 18.3 Å². The lowest BCUT2D eigenvalue weighted by Crippen LogP contribution is -2.10. The Bertz CT molecular complexity index is 1010. The van der Waals surface area contributed by atoms with Crippen molar-refractivity contribution in [1.29, 1.82) is 0 Å². The third kappa shape index (κ3) is 3.84. The topological polar surface area (TPSA) is 68.0 Å². The molecular formula is C17H11ClF3N3O2S. The smallest absolute Gasteiger partial charge is 0.416 e. The van der Waals surface area contributed by atoms with Gasteiger partial charge in [0.1, 0.15) is 10.8 Å². The van der Waals surface area contributed by atoms with E-state index in [4.69, 9.17) is 16.0 Å². The zero-order valence-electron chi connectivity index (χ0n) is 13.5. The predicted molar refractivity (Wildman–Crippen MR) is 94.0 cm³/mol. The SMILES string of the molecule is O=C(Nc1nnc(C2CC2)s1)c1ccc(-c2cc(C(F)(F)F)ccc2Cl)o1. The van der Waals surface area contributed by atoms with E-state index in [0.29, 0.717) is 11.0 Å². The van der Waals surface area contributed by atoms with Crippen LogP contribution in [0.1, 0.15) is 39.9 Å². The lowest BCUT2D eigenvalue weighted by atomic mass is 10.1. The zero-order valence-corrected chi connectivity index (χ0v) is 15.1. The van der Waals surface area contributed by atoms with Gasteiger partial charge in [-0.05, 0) is 43.2 Å². The number of anilines is 1. The fraction of sp³-hybridized carbons (Fsp3) is 0.235. The first kappa shape index (κ1) is 18.0. The van der Waals surface area contributed by atoms with Crippen LogP contribution in [0.3, 0.4) is 0 Å². The van der Waals surface area contributed by atoms with E-state index < -0.39 is 17.6 Å². The Morgan fingerprint density at radius 1 is 1.22 bits per heavy atom. The molecule has 0 saturated heterocycles. The fourth-order valence-corrected chi connectivity index (χ4v) is 3.55. The van der Waals surface area contributed by atoms with Gasteiger partial charge in [0.25, 0.3) is 5.91 Å². The maximum Gasteiger partial charge on any atom is 0.416 e. The molecule has 0 radical (unpaired) electrons. The maximum absolute atomic E-state index is 12.9. The first-order valence-electron chi connectivity index (χ1n) is 7.93. The van der Waals surface area contributed by atoms with Gasteiger partial charge in [0.05, 0.1) is 10.6 Å². The van der Waals surface area contributed by atoms with Crippen molar-refractivity contribution in [3.05, 3.63) is 51.7 Å². The minimum Gasteiger partial charge on any atom is -0.451 e. The van der Waals surface area contributed by atoms with Crippen molar-refractivity contribution in [1.82, 2.24) is 10.2 Å². The van der Waals surface area contributed by atoms with Gasteiger partial charge in [0.15, 0.2) is 5.76 Å². The summed E-state index contributed by atoms with van der Waals surface area (Å²) in [6.45, 7) is 0. The molecule has 27 heavy (non-hydrogen) atoms. The number of benzene rings is 1. The van der Waals surface area contributed by atoms with Crippen LogP contribution in [0.5, 0.6) is 0 Å². The number of nitrogens with zero attached hydrogens (tertiary/aromatic N) is 2. The molecule has 2 aromatic heterocycles. The molecule has 2 heterocycles. The normalized spacial score (nSPS) is 14.4. The minimum absolute atomic E-state index is 0.0532. The van der Waals surface area contributed by atoms with Crippen molar-refractivity contribution in [2.75, 3.05) is 5.32 Å². The number of carbonyl (C=O) groups excluding carboxylic acids is 1. The number of rotatable bonds is 4. The molecule has 0 unspecified atom stereocenters. The Morgan fingerprint density at radius 2 is 2.00 bits per heavy atom. The quantitative estimate of drug-likeness (QED) is 0.604.